The first-order valence-electron chi connectivity index (χ1n) is 5.66. The van der Waals surface area contributed by atoms with Crippen LogP contribution >= 0.6 is 0 Å². The normalized spacial score (nSPS) is 10.9. The van der Waals surface area contributed by atoms with Gasteiger partial charge in [-0.25, -0.2) is 4.98 Å². The number of nitrogens with zero attached hydrogens (tertiary/aromatic N) is 2. The number of fused-ring (bicyclic) bond motifs is 1. The van der Waals surface area contributed by atoms with Crippen LogP contribution in [0, 0.1) is 0 Å². The molecule has 84 valence electrons. The van der Waals surface area contributed by atoms with Gasteiger partial charge in [-0.2, -0.15) is 0 Å². The van der Waals surface area contributed by atoms with Crippen LogP contribution in [-0.2, 0) is 6.42 Å². The molecule has 3 rings (SSSR count). The lowest BCUT2D eigenvalue weighted by Crippen LogP contribution is -1.78. The van der Waals surface area contributed by atoms with Crippen molar-refractivity contribution >= 4 is 11.1 Å². The van der Waals surface area contributed by atoms with E-state index in [1.54, 1.807) is 12.4 Å². The van der Waals surface area contributed by atoms with Crippen molar-refractivity contribution in [1.29, 1.82) is 0 Å². The molecule has 0 aliphatic heterocycles. The second-order valence-corrected chi connectivity index (χ2v) is 3.91. The number of aryl methyl sites for hydroxylation is 1. The first-order chi connectivity index (χ1) is 8.36. The summed E-state index contributed by atoms with van der Waals surface area (Å²) in [6.07, 6.45) is 4.48. The third-order valence-corrected chi connectivity index (χ3v) is 2.79. The fraction of sp³-hybridized carbons (Fsp3) is 0.143. The van der Waals surface area contributed by atoms with Crippen LogP contribution in [0.15, 0.2) is 47.1 Å². The molecule has 0 amide bonds. The summed E-state index contributed by atoms with van der Waals surface area (Å²) >= 11 is 0. The number of hydrogen-bond donors (Lipinski definition) is 0. The third kappa shape index (κ3) is 1.80. The Hall–Kier alpha value is -2.16. The van der Waals surface area contributed by atoms with Crippen molar-refractivity contribution in [1.82, 2.24) is 9.97 Å². The fourth-order valence-electron chi connectivity index (χ4n) is 1.81. The molecule has 17 heavy (non-hydrogen) atoms. The van der Waals surface area contributed by atoms with Crippen molar-refractivity contribution in [3.05, 3.63) is 48.3 Å². The monoisotopic (exact) mass is 224 g/mol. The molecule has 2 aromatic heterocycles. The number of hydrogen-bond acceptors (Lipinski definition) is 3. The standard InChI is InChI=1S/C14H12N2O/c1-2-10-3-4-12-13(9-10)17-14(16-12)11-5-7-15-8-6-11/h3-9H,2H2,1H3. The van der Waals surface area contributed by atoms with Crippen LogP contribution in [-0.4, -0.2) is 9.97 Å². The predicted octanol–water partition coefficient (Wildman–Crippen LogP) is 3.45. The lowest BCUT2D eigenvalue weighted by molar-refractivity contribution is 0.619. The van der Waals surface area contributed by atoms with Crippen molar-refractivity contribution < 1.29 is 4.42 Å². The number of rotatable bonds is 2. The second-order valence-electron chi connectivity index (χ2n) is 3.91. The first kappa shape index (κ1) is 10.0. The lowest BCUT2D eigenvalue weighted by atomic mass is 10.1. The molecule has 3 nitrogen and oxygen atoms in total. The van der Waals surface area contributed by atoms with E-state index in [0.717, 1.165) is 23.1 Å². The quantitative estimate of drug-likeness (QED) is 0.669. The van der Waals surface area contributed by atoms with Crippen LogP contribution in [0.25, 0.3) is 22.6 Å². The molecule has 0 spiro atoms. The Morgan fingerprint density at radius 1 is 1.12 bits per heavy atom. The minimum absolute atomic E-state index is 0.649. The molecule has 3 aromatic rings. The largest absolute Gasteiger partial charge is 0.436 e. The Bertz CT molecular complexity index is 644. The van der Waals surface area contributed by atoms with Crippen LogP contribution in [0.1, 0.15) is 12.5 Å². The van der Waals surface area contributed by atoms with E-state index in [1.165, 1.54) is 5.56 Å². The van der Waals surface area contributed by atoms with Gasteiger partial charge in [0, 0.05) is 18.0 Å². The van der Waals surface area contributed by atoms with Gasteiger partial charge in [0.05, 0.1) is 0 Å². The molecule has 2 heterocycles. The minimum Gasteiger partial charge on any atom is -0.436 e. The summed E-state index contributed by atoms with van der Waals surface area (Å²) in [7, 11) is 0. The van der Waals surface area contributed by atoms with Crippen molar-refractivity contribution in [2.24, 2.45) is 0 Å². The molecule has 1 aromatic carbocycles. The van der Waals surface area contributed by atoms with Gasteiger partial charge >= 0.3 is 0 Å². The van der Waals surface area contributed by atoms with Crippen molar-refractivity contribution in [3.8, 4) is 11.5 Å². The van der Waals surface area contributed by atoms with Crippen LogP contribution in [0.5, 0.6) is 0 Å². The van der Waals surface area contributed by atoms with Crippen LogP contribution in [0.3, 0.4) is 0 Å². The molecule has 0 radical (unpaired) electrons. The van der Waals surface area contributed by atoms with Gasteiger partial charge in [-0.1, -0.05) is 13.0 Å². The van der Waals surface area contributed by atoms with Gasteiger partial charge in [0.1, 0.15) is 5.52 Å². The number of aromatic nitrogens is 2. The molecular weight excluding hydrogens is 212 g/mol. The van der Waals surface area contributed by atoms with E-state index in [-0.39, 0.29) is 0 Å². The maximum atomic E-state index is 5.76. The molecule has 0 N–H and O–H groups in total. The lowest BCUT2D eigenvalue weighted by Gasteiger charge is -1.93. The summed E-state index contributed by atoms with van der Waals surface area (Å²) < 4.78 is 5.76. The van der Waals surface area contributed by atoms with Gasteiger partial charge in [0.2, 0.25) is 5.89 Å². The van der Waals surface area contributed by atoms with E-state index < -0.39 is 0 Å². The summed E-state index contributed by atoms with van der Waals surface area (Å²) in [6.45, 7) is 2.13. The second kappa shape index (κ2) is 4.01. The molecule has 0 fully saturated rings. The highest BCUT2D eigenvalue weighted by molar-refractivity contribution is 5.76. The van der Waals surface area contributed by atoms with Gasteiger partial charge in [-0.3, -0.25) is 4.98 Å². The van der Waals surface area contributed by atoms with Crippen molar-refractivity contribution in [3.63, 3.8) is 0 Å². The van der Waals surface area contributed by atoms with E-state index in [0.29, 0.717) is 5.89 Å². The third-order valence-electron chi connectivity index (χ3n) is 2.79. The summed E-state index contributed by atoms with van der Waals surface area (Å²) in [4.78, 5) is 8.45. The van der Waals surface area contributed by atoms with Crippen molar-refractivity contribution in [2.45, 2.75) is 13.3 Å². The summed E-state index contributed by atoms with van der Waals surface area (Å²) in [5.74, 6) is 0.649. The Kier molecular flexibility index (Phi) is 2.37. The maximum Gasteiger partial charge on any atom is 0.227 e. The molecule has 3 heteroatoms. The van der Waals surface area contributed by atoms with E-state index in [1.807, 2.05) is 24.3 Å². The summed E-state index contributed by atoms with van der Waals surface area (Å²) in [5.41, 5.74) is 3.95. The molecular formula is C14H12N2O. The van der Waals surface area contributed by atoms with E-state index >= 15 is 0 Å². The van der Waals surface area contributed by atoms with Gasteiger partial charge in [-0.15, -0.1) is 0 Å². The Balaban J connectivity index is 2.14. The van der Waals surface area contributed by atoms with Gasteiger partial charge in [0.25, 0.3) is 0 Å². The van der Waals surface area contributed by atoms with Crippen LogP contribution < -0.4 is 0 Å². The highest BCUT2D eigenvalue weighted by atomic mass is 16.3. The zero-order chi connectivity index (χ0) is 11.7. The number of pyridine rings is 1. The number of benzene rings is 1. The molecule has 0 bridgehead atoms. The molecule has 0 aliphatic rings. The first-order valence-corrected chi connectivity index (χ1v) is 5.66. The average molecular weight is 224 g/mol. The van der Waals surface area contributed by atoms with Crippen LogP contribution in [0.2, 0.25) is 0 Å². The zero-order valence-corrected chi connectivity index (χ0v) is 9.55. The minimum atomic E-state index is 0.649. The topological polar surface area (TPSA) is 38.9 Å². The summed E-state index contributed by atoms with van der Waals surface area (Å²) in [6, 6.07) is 9.92. The molecule has 0 aliphatic carbocycles. The smallest absolute Gasteiger partial charge is 0.227 e. The molecule has 0 unspecified atom stereocenters. The summed E-state index contributed by atoms with van der Waals surface area (Å²) in [5, 5.41) is 0. The maximum absolute atomic E-state index is 5.76. The Morgan fingerprint density at radius 3 is 2.71 bits per heavy atom. The Labute approximate surface area is 99.1 Å². The van der Waals surface area contributed by atoms with Crippen molar-refractivity contribution in [2.75, 3.05) is 0 Å². The average Bonchev–Trinajstić information content (AvgIpc) is 2.82. The molecule has 0 saturated heterocycles. The van der Waals surface area contributed by atoms with Gasteiger partial charge in [0.15, 0.2) is 5.58 Å². The molecule has 0 atom stereocenters. The molecule has 0 saturated carbocycles. The zero-order valence-electron chi connectivity index (χ0n) is 9.55. The fourth-order valence-corrected chi connectivity index (χ4v) is 1.81. The Morgan fingerprint density at radius 2 is 1.94 bits per heavy atom. The predicted molar refractivity (Wildman–Crippen MR) is 66.6 cm³/mol. The van der Waals surface area contributed by atoms with Gasteiger partial charge in [-0.05, 0) is 36.2 Å². The van der Waals surface area contributed by atoms with E-state index in [2.05, 4.69) is 23.0 Å². The van der Waals surface area contributed by atoms with E-state index in [4.69, 9.17) is 4.42 Å². The highest BCUT2D eigenvalue weighted by Crippen LogP contribution is 2.24. The van der Waals surface area contributed by atoms with Gasteiger partial charge < -0.3 is 4.42 Å². The number of oxazole rings is 1. The SMILES string of the molecule is CCc1ccc2nc(-c3ccncc3)oc2c1. The van der Waals surface area contributed by atoms with Crippen LogP contribution in [0.4, 0.5) is 0 Å². The highest BCUT2D eigenvalue weighted by Gasteiger charge is 2.07. The van der Waals surface area contributed by atoms with E-state index in [9.17, 15) is 0 Å².